The van der Waals surface area contributed by atoms with Crippen LogP contribution in [0.15, 0.2) is 18.2 Å². The molecule has 0 unspecified atom stereocenters. The first-order valence-corrected chi connectivity index (χ1v) is 7.94. The van der Waals surface area contributed by atoms with Gasteiger partial charge < -0.3 is 15.0 Å². The third-order valence-electron chi connectivity index (χ3n) is 4.09. The van der Waals surface area contributed by atoms with E-state index < -0.39 is 5.82 Å². The zero-order chi connectivity index (χ0) is 15.9. The summed E-state index contributed by atoms with van der Waals surface area (Å²) in [5, 5.41) is 2.84. The molecule has 1 heterocycles. The number of likely N-dealkylation sites (tertiary alicyclic amines) is 1. The fourth-order valence-electron chi connectivity index (χ4n) is 2.90. The van der Waals surface area contributed by atoms with E-state index in [1.165, 1.54) is 32.1 Å². The molecule has 1 aromatic rings. The second-order valence-corrected chi connectivity index (χ2v) is 6.01. The average Bonchev–Trinajstić information content (AvgIpc) is 2.51. The minimum absolute atomic E-state index is 0.149. The minimum Gasteiger partial charge on any atom is -0.494 e. The van der Waals surface area contributed by atoms with Gasteiger partial charge in [-0.1, -0.05) is 6.92 Å². The number of benzene rings is 1. The van der Waals surface area contributed by atoms with Crippen LogP contribution in [0.25, 0.3) is 0 Å². The highest BCUT2D eigenvalue weighted by molar-refractivity contribution is 5.94. The van der Waals surface area contributed by atoms with E-state index in [9.17, 15) is 9.18 Å². The summed E-state index contributed by atoms with van der Waals surface area (Å²) in [4.78, 5) is 14.4. The largest absolute Gasteiger partial charge is 0.494 e. The van der Waals surface area contributed by atoms with Crippen molar-refractivity contribution in [3.05, 3.63) is 29.6 Å². The molecule has 1 saturated heterocycles. The number of methoxy groups -OCH3 is 1. The molecule has 1 fully saturated rings. The minimum atomic E-state index is -0.516. The number of piperidine rings is 1. The number of amides is 1. The van der Waals surface area contributed by atoms with Gasteiger partial charge in [0.1, 0.15) is 0 Å². The van der Waals surface area contributed by atoms with Gasteiger partial charge in [-0.2, -0.15) is 0 Å². The van der Waals surface area contributed by atoms with Crippen LogP contribution in [0.1, 0.15) is 36.5 Å². The summed E-state index contributed by atoms with van der Waals surface area (Å²) < 4.78 is 18.4. The van der Waals surface area contributed by atoms with Crippen LogP contribution in [0.3, 0.4) is 0 Å². The van der Waals surface area contributed by atoms with Crippen molar-refractivity contribution in [2.45, 2.75) is 26.2 Å². The second kappa shape index (κ2) is 8.13. The smallest absolute Gasteiger partial charge is 0.251 e. The van der Waals surface area contributed by atoms with Crippen molar-refractivity contribution in [1.82, 2.24) is 10.2 Å². The van der Waals surface area contributed by atoms with Gasteiger partial charge in [-0.3, -0.25) is 4.79 Å². The predicted molar refractivity (Wildman–Crippen MR) is 84.7 cm³/mol. The Labute approximate surface area is 131 Å². The van der Waals surface area contributed by atoms with Crippen molar-refractivity contribution in [3.8, 4) is 5.75 Å². The zero-order valence-corrected chi connectivity index (χ0v) is 13.4. The number of nitrogens with one attached hydrogen (secondary N) is 1. The number of carbonyl (C=O) groups is 1. The highest BCUT2D eigenvalue weighted by Gasteiger charge is 2.15. The quantitative estimate of drug-likeness (QED) is 0.822. The van der Waals surface area contributed by atoms with Crippen LogP contribution in [-0.4, -0.2) is 44.1 Å². The fourth-order valence-corrected chi connectivity index (χ4v) is 2.90. The molecule has 4 nitrogen and oxygen atoms in total. The third kappa shape index (κ3) is 4.70. The molecule has 22 heavy (non-hydrogen) atoms. The van der Waals surface area contributed by atoms with E-state index in [1.54, 1.807) is 6.07 Å². The Morgan fingerprint density at radius 3 is 3.00 bits per heavy atom. The Morgan fingerprint density at radius 2 is 2.32 bits per heavy atom. The van der Waals surface area contributed by atoms with Crippen LogP contribution >= 0.6 is 0 Å². The van der Waals surface area contributed by atoms with Crippen molar-refractivity contribution in [2.24, 2.45) is 5.92 Å². The van der Waals surface area contributed by atoms with Crippen molar-refractivity contribution >= 4 is 5.91 Å². The van der Waals surface area contributed by atoms with Crippen LogP contribution in [0, 0.1) is 11.7 Å². The van der Waals surface area contributed by atoms with E-state index in [-0.39, 0.29) is 11.7 Å². The predicted octanol–water partition coefficient (Wildman–Crippen LogP) is 2.69. The summed E-state index contributed by atoms with van der Waals surface area (Å²) in [7, 11) is 1.40. The Bertz CT molecular complexity index is 507. The normalized spacial score (nSPS) is 19.0. The third-order valence-corrected chi connectivity index (χ3v) is 4.09. The van der Waals surface area contributed by atoms with Crippen molar-refractivity contribution in [3.63, 3.8) is 0 Å². The Kier molecular flexibility index (Phi) is 6.19. The summed E-state index contributed by atoms with van der Waals surface area (Å²) in [6, 6.07) is 4.25. The van der Waals surface area contributed by atoms with Crippen molar-refractivity contribution in [2.75, 3.05) is 33.3 Å². The second-order valence-electron chi connectivity index (χ2n) is 6.01. The SMILES string of the molecule is COc1ccc(C(=O)NCCCN2CCC[C@@H](C)C2)cc1F. The summed E-state index contributed by atoms with van der Waals surface area (Å²) >= 11 is 0. The lowest BCUT2D eigenvalue weighted by Gasteiger charge is -2.30. The molecule has 1 N–H and O–H groups in total. The van der Waals surface area contributed by atoms with Gasteiger partial charge in [-0.05, 0) is 56.5 Å². The van der Waals surface area contributed by atoms with E-state index in [4.69, 9.17) is 4.74 Å². The van der Waals surface area contributed by atoms with E-state index in [2.05, 4.69) is 17.1 Å². The molecule has 0 aromatic heterocycles. The van der Waals surface area contributed by atoms with E-state index in [1.807, 2.05) is 0 Å². The molecule has 1 aromatic carbocycles. The average molecular weight is 308 g/mol. The fraction of sp³-hybridized carbons (Fsp3) is 0.588. The first kappa shape index (κ1) is 16.7. The number of hydrogen-bond acceptors (Lipinski definition) is 3. The zero-order valence-electron chi connectivity index (χ0n) is 13.4. The molecule has 0 aliphatic carbocycles. The van der Waals surface area contributed by atoms with Gasteiger partial charge in [-0.25, -0.2) is 4.39 Å². The van der Waals surface area contributed by atoms with Gasteiger partial charge in [0.2, 0.25) is 0 Å². The molecule has 0 radical (unpaired) electrons. The van der Waals surface area contributed by atoms with E-state index in [0.29, 0.717) is 12.1 Å². The lowest BCUT2D eigenvalue weighted by atomic mass is 10.0. The molecule has 1 aliphatic rings. The van der Waals surface area contributed by atoms with Crippen LogP contribution in [-0.2, 0) is 0 Å². The van der Waals surface area contributed by atoms with Crippen LogP contribution < -0.4 is 10.1 Å². The van der Waals surface area contributed by atoms with Gasteiger partial charge in [0, 0.05) is 18.7 Å². The molecule has 1 atom stereocenters. The molecule has 0 saturated carbocycles. The summed E-state index contributed by atoms with van der Waals surface area (Å²) in [6.07, 6.45) is 3.49. The van der Waals surface area contributed by atoms with Gasteiger partial charge in [0.15, 0.2) is 11.6 Å². The first-order chi connectivity index (χ1) is 10.6. The highest BCUT2D eigenvalue weighted by Crippen LogP contribution is 2.17. The highest BCUT2D eigenvalue weighted by atomic mass is 19.1. The van der Waals surface area contributed by atoms with Crippen LogP contribution in [0.2, 0.25) is 0 Å². The van der Waals surface area contributed by atoms with Gasteiger partial charge in [0.25, 0.3) is 5.91 Å². The lowest BCUT2D eigenvalue weighted by molar-refractivity contribution is 0.0949. The Morgan fingerprint density at radius 1 is 1.50 bits per heavy atom. The number of hydrogen-bond donors (Lipinski definition) is 1. The standard InChI is InChI=1S/C17H25FN2O2/c1-13-5-3-9-20(12-13)10-4-8-19-17(21)14-6-7-16(22-2)15(18)11-14/h6-7,11,13H,3-5,8-10,12H2,1-2H3,(H,19,21)/t13-/m1/s1. The number of ether oxygens (including phenoxy) is 1. The van der Waals surface area contributed by atoms with Gasteiger partial charge >= 0.3 is 0 Å². The Hall–Kier alpha value is -1.62. The molecule has 122 valence electrons. The maximum Gasteiger partial charge on any atom is 0.251 e. The number of rotatable bonds is 6. The molecule has 0 spiro atoms. The first-order valence-electron chi connectivity index (χ1n) is 7.94. The van der Waals surface area contributed by atoms with Crippen molar-refractivity contribution < 1.29 is 13.9 Å². The Balaban J connectivity index is 1.72. The molecule has 2 rings (SSSR count). The maximum atomic E-state index is 13.6. The molecule has 1 aliphatic heterocycles. The van der Waals surface area contributed by atoms with E-state index >= 15 is 0 Å². The molecular weight excluding hydrogens is 283 g/mol. The van der Waals surface area contributed by atoms with Crippen molar-refractivity contribution in [1.29, 1.82) is 0 Å². The van der Waals surface area contributed by atoms with Gasteiger partial charge in [0.05, 0.1) is 7.11 Å². The summed E-state index contributed by atoms with van der Waals surface area (Å²) in [5.74, 6) is 0.160. The molecule has 1 amide bonds. The number of carbonyl (C=O) groups excluding carboxylic acids is 1. The van der Waals surface area contributed by atoms with Gasteiger partial charge in [-0.15, -0.1) is 0 Å². The molecule has 0 bridgehead atoms. The number of nitrogens with zero attached hydrogens (tertiary/aromatic N) is 1. The topological polar surface area (TPSA) is 41.6 Å². The van der Waals surface area contributed by atoms with E-state index in [0.717, 1.165) is 32.0 Å². The lowest BCUT2D eigenvalue weighted by Crippen LogP contribution is -2.36. The monoisotopic (exact) mass is 308 g/mol. The molecule has 5 heteroatoms. The maximum absolute atomic E-state index is 13.6. The summed E-state index contributed by atoms with van der Waals surface area (Å²) in [6.45, 7) is 6.20. The van der Waals surface area contributed by atoms with Crippen LogP contribution in [0.4, 0.5) is 4.39 Å². The molecular formula is C17H25FN2O2. The summed E-state index contributed by atoms with van der Waals surface area (Å²) in [5.41, 5.74) is 0.324. The number of halogens is 1. The van der Waals surface area contributed by atoms with Crippen LogP contribution in [0.5, 0.6) is 5.75 Å².